The first-order valence-electron chi connectivity index (χ1n) is 12.1. The Labute approximate surface area is 201 Å². The molecule has 4 heterocycles. The van der Waals surface area contributed by atoms with Crippen LogP contribution in [0.1, 0.15) is 38.3 Å². The van der Waals surface area contributed by atoms with Crippen LogP contribution in [0.3, 0.4) is 0 Å². The Morgan fingerprint density at radius 2 is 1.94 bits per heavy atom. The van der Waals surface area contributed by atoms with Crippen molar-refractivity contribution in [3.05, 3.63) is 48.0 Å². The van der Waals surface area contributed by atoms with Gasteiger partial charge in [0.25, 0.3) is 0 Å². The number of benzene rings is 2. The Bertz CT molecular complexity index is 1030. The molecule has 2 bridgehead atoms. The van der Waals surface area contributed by atoms with Gasteiger partial charge in [-0.15, -0.1) is 0 Å². The number of nitrogens with zero attached hydrogens (tertiary/aromatic N) is 1. The summed E-state index contributed by atoms with van der Waals surface area (Å²) in [5.74, 6) is 2.01. The summed E-state index contributed by atoms with van der Waals surface area (Å²) in [4.78, 5) is 15.3. The number of piperidine rings is 3. The number of ether oxygens (including phenoxy) is 4. The molecule has 6 rings (SSSR count). The van der Waals surface area contributed by atoms with Gasteiger partial charge in [-0.05, 0) is 61.2 Å². The highest BCUT2D eigenvalue weighted by atomic mass is 16.7. The quantitative estimate of drug-likeness (QED) is 0.627. The Morgan fingerprint density at radius 3 is 2.68 bits per heavy atom. The number of hydrogen-bond acceptors (Lipinski definition) is 6. The number of amides is 1. The standard InChI is InChI=1S/C27H34N2O5/c1-27(2)16-32-23-14-20(19-5-4-6-21(13-19)33-17-31-3)7-8-22(23)25(27)28-26(30)34-24-15-29-11-9-18(24)10-12-29/h4-8,13-14,18,24-25H,9-12,15-17H2,1-3H3,(H,28,30)/t24-,25?/m1/s1. The Morgan fingerprint density at radius 1 is 1.15 bits per heavy atom. The van der Waals surface area contributed by atoms with Crippen molar-refractivity contribution < 1.29 is 23.7 Å². The molecular formula is C27H34N2O5. The molecule has 7 nitrogen and oxygen atoms in total. The maximum absolute atomic E-state index is 12.9. The van der Waals surface area contributed by atoms with Crippen molar-refractivity contribution in [3.63, 3.8) is 0 Å². The van der Waals surface area contributed by atoms with E-state index in [2.05, 4.69) is 30.1 Å². The minimum absolute atomic E-state index is 0.0140. The molecule has 1 unspecified atom stereocenters. The van der Waals surface area contributed by atoms with Crippen molar-refractivity contribution in [1.29, 1.82) is 0 Å². The fourth-order valence-electron chi connectivity index (χ4n) is 5.34. The second-order valence-corrected chi connectivity index (χ2v) is 10.3. The van der Waals surface area contributed by atoms with Gasteiger partial charge in [0, 0.05) is 24.6 Å². The van der Waals surface area contributed by atoms with E-state index < -0.39 is 0 Å². The maximum atomic E-state index is 12.9. The van der Waals surface area contributed by atoms with Gasteiger partial charge in [0.1, 0.15) is 17.6 Å². The van der Waals surface area contributed by atoms with Crippen molar-refractivity contribution in [2.24, 2.45) is 11.3 Å². The number of nitrogens with one attached hydrogen (secondary N) is 1. The van der Waals surface area contributed by atoms with E-state index in [0.29, 0.717) is 12.5 Å². The summed E-state index contributed by atoms with van der Waals surface area (Å²) in [5.41, 5.74) is 2.75. The molecule has 2 aromatic carbocycles. The van der Waals surface area contributed by atoms with Gasteiger partial charge in [0.2, 0.25) is 0 Å². The number of hydrogen-bond donors (Lipinski definition) is 1. The molecule has 0 saturated carbocycles. The average Bonchev–Trinajstić information content (AvgIpc) is 2.85. The Balaban J connectivity index is 1.33. The van der Waals surface area contributed by atoms with Gasteiger partial charge in [0.15, 0.2) is 6.79 Å². The highest BCUT2D eigenvalue weighted by molar-refractivity contribution is 5.71. The fourth-order valence-corrected chi connectivity index (χ4v) is 5.34. The van der Waals surface area contributed by atoms with E-state index in [-0.39, 0.29) is 30.4 Å². The maximum Gasteiger partial charge on any atom is 0.407 e. The molecule has 7 heteroatoms. The van der Waals surface area contributed by atoms with Gasteiger partial charge >= 0.3 is 6.09 Å². The van der Waals surface area contributed by atoms with Gasteiger partial charge in [-0.1, -0.05) is 38.1 Å². The monoisotopic (exact) mass is 466 g/mol. The van der Waals surface area contributed by atoms with Gasteiger partial charge in [-0.25, -0.2) is 4.79 Å². The zero-order chi connectivity index (χ0) is 23.7. The molecule has 0 aliphatic carbocycles. The third-order valence-electron chi connectivity index (χ3n) is 7.33. The molecule has 3 saturated heterocycles. The molecule has 182 valence electrons. The predicted molar refractivity (Wildman–Crippen MR) is 129 cm³/mol. The molecule has 0 spiro atoms. The lowest BCUT2D eigenvalue weighted by Crippen LogP contribution is -2.53. The van der Waals surface area contributed by atoms with Crippen LogP contribution in [0.4, 0.5) is 4.79 Å². The smallest absolute Gasteiger partial charge is 0.407 e. The van der Waals surface area contributed by atoms with Crippen LogP contribution in [0.15, 0.2) is 42.5 Å². The third kappa shape index (κ3) is 4.72. The van der Waals surface area contributed by atoms with Crippen molar-refractivity contribution in [1.82, 2.24) is 10.2 Å². The molecule has 4 aliphatic heterocycles. The molecule has 0 radical (unpaired) electrons. The first-order chi connectivity index (χ1) is 16.4. The van der Waals surface area contributed by atoms with Crippen LogP contribution < -0.4 is 14.8 Å². The van der Waals surface area contributed by atoms with Gasteiger partial charge in [-0.3, -0.25) is 4.90 Å². The summed E-state index contributed by atoms with van der Waals surface area (Å²) in [7, 11) is 1.60. The molecule has 2 aromatic rings. The van der Waals surface area contributed by atoms with Crippen molar-refractivity contribution >= 4 is 6.09 Å². The lowest BCUT2D eigenvalue weighted by atomic mass is 9.78. The topological polar surface area (TPSA) is 69.3 Å². The number of fused-ring (bicyclic) bond motifs is 4. The first kappa shape index (κ1) is 23.0. The van der Waals surface area contributed by atoms with E-state index in [9.17, 15) is 4.79 Å². The number of alkyl carbamates (subject to hydrolysis) is 1. The molecular weight excluding hydrogens is 432 g/mol. The number of carbonyl (C=O) groups is 1. The second-order valence-electron chi connectivity index (χ2n) is 10.3. The normalized spacial score (nSPS) is 26.8. The molecule has 0 aromatic heterocycles. The van der Waals surface area contributed by atoms with E-state index in [4.69, 9.17) is 18.9 Å². The minimum Gasteiger partial charge on any atom is -0.493 e. The first-order valence-corrected chi connectivity index (χ1v) is 12.1. The Kier molecular flexibility index (Phi) is 6.40. The van der Waals surface area contributed by atoms with Crippen LogP contribution in [-0.2, 0) is 9.47 Å². The SMILES string of the molecule is COCOc1cccc(-c2ccc3c(c2)OCC(C)(C)C3NC(=O)O[C@@H]2CN3CCC2CC3)c1. The highest BCUT2D eigenvalue weighted by Crippen LogP contribution is 2.44. The average molecular weight is 467 g/mol. The zero-order valence-corrected chi connectivity index (χ0v) is 20.2. The second kappa shape index (κ2) is 9.47. The molecule has 34 heavy (non-hydrogen) atoms. The van der Waals surface area contributed by atoms with Crippen LogP contribution in [0.25, 0.3) is 11.1 Å². The molecule has 1 amide bonds. The summed E-state index contributed by atoms with van der Waals surface area (Å²) in [6.45, 7) is 8.02. The number of rotatable bonds is 6. The lowest BCUT2D eigenvalue weighted by Gasteiger charge is -2.44. The molecule has 1 N–H and O–H groups in total. The van der Waals surface area contributed by atoms with Crippen molar-refractivity contribution in [2.45, 2.75) is 38.8 Å². The van der Waals surface area contributed by atoms with E-state index in [1.165, 1.54) is 0 Å². The van der Waals surface area contributed by atoms with Crippen LogP contribution in [0, 0.1) is 11.3 Å². The zero-order valence-electron chi connectivity index (χ0n) is 20.2. The van der Waals surface area contributed by atoms with E-state index in [1.807, 2.05) is 36.4 Å². The Hall–Kier alpha value is -2.77. The summed E-state index contributed by atoms with van der Waals surface area (Å²) in [6, 6.07) is 13.8. The molecule has 4 aliphatic rings. The fraction of sp³-hybridized carbons (Fsp3) is 0.519. The van der Waals surface area contributed by atoms with Crippen molar-refractivity contribution in [2.75, 3.05) is 40.1 Å². The van der Waals surface area contributed by atoms with Gasteiger partial charge in [-0.2, -0.15) is 0 Å². The minimum atomic E-state index is -0.336. The van der Waals surface area contributed by atoms with E-state index in [1.54, 1.807) is 7.11 Å². The van der Waals surface area contributed by atoms with Crippen LogP contribution >= 0.6 is 0 Å². The lowest BCUT2D eigenvalue weighted by molar-refractivity contribution is -0.0361. The van der Waals surface area contributed by atoms with Gasteiger partial charge < -0.3 is 24.3 Å². The molecule has 3 fully saturated rings. The van der Waals surface area contributed by atoms with E-state index >= 15 is 0 Å². The number of carbonyl (C=O) groups excluding carboxylic acids is 1. The van der Waals surface area contributed by atoms with Crippen LogP contribution in [-0.4, -0.2) is 57.2 Å². The predicted octanol–water partition coefficient (Wildman–Crippen LogP) is 4.62. The highest BCUT2D eigenvalue weighted by Gasteiger charge is 2.41. The van der Waals surface area contributed by atoms with Crippen molar-refractivity contribution in [3.8, 4) is 22.6 Å². The molecule has 2 atom stereocenters. The van der Waals surface area contributed by atoms with Crippen LogP contribution in [0.5, 0.6) is 11.5 Å². The number of methoxy groups -OCH3 is 1. The van der Waals surface area contributed by atoms with Crippen LogP contribution in [0.2, 0.25) is 0 Å². The third-order valence-corrected chi connectivity index (χ3v) is 7.33. The van der Waals surface area contributed by atoms with E-state index in [0.717, 1.165) is 60.7 Å². The largest absolute Gasteiger partial charge is 0.493 e. The summed E-state index contributed by atoms with van der Waals surface area (Å²) in [5, 5.41) is 3.17. The van der Waals surface area contributed by atoms with Gasteiger partial charge in [0.05, 0.1) is 12.6 Å². The summed E-state index contributed by atoms with van der Waals surface area (Å²) < 4.78 is 22.6. The summed E-state index contributed by atoms with van der Waals surface area (Å²) >= 11 is 0. The summed E-state index contributed by atoms with van der Waals surface area (Å²) in [6.07, 6.45) is 1.88.